The van der Waals surface area contributed by atoms with Crippen molar-refractivity contribution in [1.29, 1.82) is 0 Å². The highest BCUT2D eigenvalue weighted by atomic mass is 32.2. The molecule has 0 spiro atoms. The number of hydrogen-bond acceptors (Lipinski definition) is 5. The summed E-state index contributed by atoms with van der Waals surface area (Å²) >= 11 is 1.53. The van der Waals surface area contributed by atoms with Gasteiger partial charge in [0.25, 0.3) is 5.91 Å². The van der Waals surface area contributed by atoms with E-state index < -0.39 is 29.6 Å². The molecular formula is C31H34F2N2O4S. The monoisotopic (exact) mass is 568 g/mol. The van der Waals surface area contributed by atoms with Crippen LogP contribution in [0.5, 0.6) is 5.75 Å². The van der Waals surface area contributed by atoms with Crippen molar-refractivity contribution in [3.05, 3.63) is 89.0 Å². The lowest BCUT2D eigenvalue weighted by molar-refractivity contribution is -0.139. The fourth-order valence-electron chi connectivity index (χ4n) is 5.05. The normalized spacial score (nSPS) is 16.1. The number of benzene rings is 3. The summed E-state index contributed by atoms with van der Waals surface area (Å²) < 4.78 is 32.9. The number of carboxylic acids is 1. The Kier molecular flexibility index (Phi) is 10.2. The number of rotatable bonds is 12. The zero-order valence-electron chi connectivity index (χ0n) is 22.7. The summed E-state index contributed by atoms with van der Waals surface area (Å²) in [4.78, 5) is 27.4. The van der Waals surface area contributed by atoms with E-state index in [-0.39, 0.29) is 11.8 Å². The molecule has 1 fully saturated rings. The smallest absolute Gasteiger partial charge is 0.326 e. The highest BCUT2D eigenvalue weighted by Gasteiger charge is 2.27. The summed E-state index contributed by atoms with van der Waals surface area (Å²) in [6, 6.07) is 15.7. The number of amides is 1. The molecule has 0 aromatic heterocycles. The van der Waals surface area contributed by atoms with Crippen LogP contribution in [0.2, 0.25) is 0 Å². The standard InChI is InChI=1S/C31H34F2N2O4S/c1-20-6-3-4-8-26(20)28-14-21(9-10-27(28)30(36)34-29(31(37)38)11-13-40-2)18-35-12-5-7-24(35)19-39-25-16-22(32)15-23(33)17-25/h3-4,6,8-10,14-17,24,29H,5,7,11-13,18-19H2,1-2H3,(H,34,36)(H,37,38)/t24-,29-/m0/s1. The molecule has 0 bridgehead atoms. The third kappa shape index (κ3) is 7.61. The van der Waals surface area contributed by atoms with Gasteiger partial charge in [-0.25, -0.2) is 13.6 Å². The Hall–Kier alpha value is -3.43. The average Bonchev–Trinajstić information content (AvgIpc) is 3.36. The maximum absolute atomic E-state index is 13.6. The van der Waals surface area contributed by atoms with Gasteiger partial charge in [-0.05, 0) is 79.1 Å². The number of likely N-dealkylation sites (tertiary alicyclic amines) is 1. The first kappa shape index (κ1) is 29.6. The highest BCUT2D eigenvalue weighted by molar-refractivity contribution is 7.98. The van der Waals surface area contributed by atoms with Crippen molar-refractivity contribution in [2.24, 2.45) is 0 Å². The quantitative estimate of drug-likeness (QED) is 0.283. The lowest BCUT2D eigenvalue weighted by Crippen LogP contribution is -2.41. The highest BCUT2D eigenvalue weighted by Crippen LogP contribution is 2.30. The van der Waals surface area contributed by atoms with Crippen LogP contribution in [-0.4, -0.2) is 59.1 Å². The minimum atomic E-state index is -1.06. The Balaban J connectivity index is 1.55. The molecule has 1 aliphatic rings. The van der Waals surface area contributed by atoms with Crippen LogP contribution in [-0.2, 0) is 11.3 Å². The van der Waals surface area contributed by atoms with Gasteiger partial charge in [0.1, 0.15) is 30.0 Å². The van der Waals surface area contributed by atoms with E-state index in [9.17, 15) is 23.5 Å². The number of hydrogen-bond donors (Lipinski definition) is 2. The molecule has 9 heteroatoms. The molecule has 0 unspecified atom stereocenters. The van der Waals surface area contributed by atoms with E-state index in [0.29, 0.717) is 30.9 Å². The Morgan fingerprint density at radius 1 is 1.10 bits per heavy atom. The van der Waals surface area contributed by atoms with Gasteiger partial charge in [-0.3, -0.25) is 9.69 Å². The molecule has 1 heterocycles. The maximum atomic E-state index is 13.6. The molecule has 0 radical (unpaired) electrons. The number of aliphatic carboxylic acids is 1. The molecule has 6 nitrogen and oxygen atoms in total. The largest absolute Gasteiger partial charge is 0.492 e. The van der Waals surface area contributed by atoms with Gasteiger partial charge in [0.05, 0.1) is 0 Å². The van der Waals surface area contributed by atoms with Crippen LogP contribution in [0.15, 0.2) is 60.7 Å². The molecule has 2 N–H and O–H groups in total. The Morgan fingerprint density at radius 3 is 2.55 bits per heavy atom. The van der Waals surface area contributed by atoms with Gasteiger partial charge in [-0.15, -0.1) is 0 Å². The first-order chi connectivity index (χ1) is 19.2. The number of carboxylic acid groups (broad SMARTS) is 1. The number of nitrogens with one attached hydrogen (secondary N) is 1. The predicted octanol–water partition coefficient (Wildman–Crippen LogP) is 5.92. The van der Waals surface area contributed by atoms with Crippen LogP contribution < -0.4 is 10.1 Å². The van der Waals surface area contributed by atoms with Gasteiger partial charge in [-0.2, -0.15) is 11.8 Å². The van der Waals surface area contributed by atoms with E-state index in [1.54, 1.807) is 6.07 Å². The summed E-state index contributed by atoms with van der Waals surface area (Å²) in [6.07, 6.45) is 4.10. The van der Waals surface area contributed by atoms with Crippen molar-refractivity contribution in [2.75, 3.05) is 25.2 Å². The van der Waals surface area contributed by atoms with Gasteiger partial charge in [0.15, 0.2) is 0 Å². The molecule has 1 aliphatic heterocycles. The van der Waals surface area contributed by atoms with E-state index in [4.69, 9.17) is 4.74 Å². The van der Waals surface area contributed by atoms with Crippen LogP contribution >= 0.6 is 11.8 Å². The van der Waals surface area contributed by atoms with Crippen molar-refractivity contribution in [1.82, 2.24) is 10.2 Å². The van der Waals surface area contributed by atoms with Crippen LogP contribution in [0.25, 0.3) is 11.1 Å². The number of nitrogens with zero attached hydrogens (tertiary/aromatic N) is 1. The fraction of sp³-hybridized carbons (Fsp3) is 0.355. The van der Waals surface area contributed by atoms with Crippen molar-refractivity contribution in [2.45, 2.75) is 44.8 Å². The lowest BCUT2D eigenvalue weighted by Gasteiger charge is -2.25. The van der Waals surface area contributed by atoms with Crippen LogP contribution in [0.1, 0.15) is 40.7 Å². The Morgan fingerprint density at radius 2 is 1.85 bits per heavy atom. The van der Waals surface area contributed by atoms with E-state index in [0.717, 1.165) is 47.7 Å². The minimum Gasteiger partial charge on any atom is -0.492 e. The second-order valence-electron chi connectivity index (χ2n) is 10.0. The zero-order chi connectivity index (χ0) is 28.6. The van der Waals surface area contributed by atoms with Gasteiger partial charge in [-0.1, -0.05) is 30.3 Å². The zero-order valence-corrected chi connectivity index (χ0v) is 23.5. The van der Waals surface area contributed by atoms with Crippen molar-refractivity contribution < 1.29 is 28.2 Å². The van der Waals surface area contributed by atoms with E-state index in [1.165, 1.54) is 23.9 Å². The first-order valence-corrected chi connectivity index (χ1v) is 14.7. The number of carbonyl (C=O) groups is 2. The SMILES string of the molecule is CSCC[C@H](NC(=O)c1ccc(CN2CCC[C@H]2COc2cc(F)cc(F)c2)cc1-c1ccccc1C)C(=O)O. The van der Waals surface area contributed by atoms with E-state index in [1.807, 2.05) is 49.6 Å². The minimum absolute atomic E-state index is 0.0731. The lowest BCUT2D eigenvalue weighted by atomic mass is 9.93. The summed E-state index contributed by atoms with van der Waals surface area (Å²) in [6.45, 7) is 3.74. The number of ether oxygens (including phenoxy) is 1. The van der Waals surface area contributed by atoms with E-state index >= 15 is 0 Å². The van der Waals surface area contributed by atoms with Crippen molar-refractivity contribution in [3.8, 4) is 16.9 Å². The number of carbonyl (C=O) groups excluding carboxylic acids is 1. The summed E-state index contributed by atoms with van der Waals surface area (Å²) in [5.41, 5.74) is 4.06. The predicted molar refractivity (Wildman–Crippen MR) is 154 cm³/mol. The van der Waals surface area contributed by atoms with Crippen LogP contribution in [0.4, 0.5) is 8.78 Å². The second-order valence-corrected chi connectivity index (χ2v) is 11.0. The molecule has 3 aromatic rings. The molecule has 3 aromatic carbocycles. The summed E-state index contributed by atoms with van der Waals surface area (Å²) in [5, 5.41) is 12.3. The fourth-order valence-corrected chi connectivity index (χ4v) is 5.52. The topological polar surface area (TPSA) is 78.9 Å². The molecule has 0 aliphatic carbocycles. The Bertz CT molecular complexity index is 1330. The first-order valence-electron chi connectivity index (χ1n) is 13.3. The molecule has 1 amide bonds. The maximum Gasteiger partial charge on any atom is 0.326 e. The van der Waals surface area contributed by atoms with Gasteiger partial charge in [0.2, 0.25) is 0 Å². The summed E-state index contributed by atoms with van der Waals surface area (Å²) in [5.74, 6) is -2.04. The number of aryl methyl sites for hydroxylation is 1. The molecular weight excluding hydrogens is 534 g/mol. The Labute approximate surface area is 237 Å². The molecule has 40 heavy (non-hydrogen) atoms. The summed E-state index contributed by atoms with van der Waals surface area (Å²) in [7, 11) is 0. The van der Waals surface area contributed by atoms with Gasteiger partial charge < -0.3 is 15.2 Å². The van der Waals surface area contributed by atoms with Crippen LogP contribution in [0, 0.1) is 18.6 Å². The average molecular weight is 569 g/mol. The van der Waals surface area contributed by atoms with Crippen molar-refractivity contribution >= 4 is 23.6 Å². The number of thioether (sulfide) groups is 1. The molecule has 2 atom stereocenters. The van der Waals surface area contributed by atoms with Crippen LogP contribution in [0.3, 0.4) is 0 Å². The molecule has 0 saturated carbocycles. The number of halogens is 2. The van der Waals surface area contributed by atoms with Crippen molar-refractivity contribution in [3.63, 3.8) is 0 Å². The third-order valence-electron chi connectivity index (χ3n) is 7.14. The molecule has 4 rings (SSSR count). The van der Waals surface area contributed by atoms with E-state index in [2.05, 4.69) is 10.2 Å². The third-order valence-corrected chi connectivity index (χ3v) is 7.79. The van der Waals surface area contributed by atoms with Gasteiger partial charge in [0, 0.05) is 36.3 Å². The second kappa shape index (κ2) is 13.8. The molecule has 1 saturated heterocycles. The molecule has 212 valence electrons. The van der Waals surface area contributed by atoms with Gasteiger partial charge >= 0.3 is 5.97 Å².